The van der Waals surface area contributed by atoms with E-state index < -0.39 is 0 Å². The molecule has 1 amide bonds. The zero-order valence-electron chi connectivity index (χ0n) is 12.7. The van der Waals surface area contributed by atoms with E-state index in [1.807, 2.05) is 34.9 Å². The monoisotopic (exact) mass is 323 g/mol. The van der Waals surface area contributed by atoms with Gasteiger partial charge in [-0.25, -0.2) is 0 Å². The van der Waals surface area contributed by atoms with Gasteiger partial charge in [0, 0.05) is 31.7 Å². The van der Waals surface area contributed by atoms with Crippen LogP contribution in [0.25, 0.3) is 0 Å². The fraction of sp³-hybridized carbons (Fsp3) is 0.562. The number of hydrogen-bond donors (Lipinski definition) is 0. The van der Waals surface area contributed by atoms with Gasteiger partial charge in [-0.15, -0.1) is 11.8 Å². The van der Waals surface area contributed by atoms with E-state index in [1.165, 1.54) is 0 Å². The maximum absolute atomic E-state index is 12.3. The third-order valence-corrected chi connectivity index (χ3v) is 5.53. The zero-order chi connectivity index (χ0) is 15.4. The number of rotatable bonds is 4. The van der Waals surface area contributed by atoms with Gasteiger partial charge >= 0.3 is 0 Å². The maximum atomic E-state index is 12.3. The molecule has 1 aromatic carbocycles. The topological polar surface area (TPSA) is 48.0 Å². The van der Waals surface area contributed by atoms with Crippen LogP contribution in [-0.4, -0.2) is 54.9 Å². The Morgan fingerprint density at radius 2 is 2.05 bits per heavy atom. The number of methoxy groups -OCH3 is 1. The largest absolute Gasteiger partial charge is 0.493 e. The third-order valence-electron chi connectivity index (χ3n) is 4.11. The van der Waals surface area contributed by atoms with Crippen molar-refractivity contribution >= 4 is 17.7 Å². The lowest BCUT2D eigenvalue weighted by atomic mass is 10.1. The molecule has 120 valence electrons. The average Bonchev–Trinajstić information content (AvgIpc) is 3.01. The van der Waals surface area contributed by atoms with Crippen molar-refractivity contribution in [3.8, 4) is 11.5 Å². The fourth-order valence-electron chi connectivity index (χ4n) is 2.85. The van der Waals surface area contributed by atoms with Gasteiger partial charge in [-0.1, -0.05) is 12.1 Å². The van der Waals surface area contributed by atoms with Crippen LogP contribution in [0, 0.1) is 0 Å². The average molecular weight is 323 g/mol. The number of amides is 1. The Hall–Kier alpha value is -1.40. The van der Waals surface area contributed by atoms with Crippen molar-refractivity contribution in [3.63, 3.8) is 0 Å². The Bertz CT molecular complexity index is 521. The lowest BCUT2D eigenvalue weighted by Crippen LogP contribution is -2.46. The van der Waals surface area contributed by atoms with Crippen molar-refractivity contribution < 1.29 is 19.0 Å². The molecule has 0 aliphatic carbocycles. The first kappa shape index (κ1) is 15.5. The van der Waals surface area contributed by atoms with E-state index in [2.05, 4.69) is 0 Å². The molecule has 2 heterocycles. The number of piperidine rings is 1. The van der Waals surface area contributed by atoms with Crippen LogP contribution in [0.2, 0.25) is 0 Å². The number of carbonyl (C=O) groups excluding carboxylic acids is 1. The number of ether oxygens (including phenoxy) is 3. The Morgan fingerprint density at radius 1 is 1.32 bits per heavy atom. The lowest BCUT2D eigenvalue weighted by Gasteiger charge is -2.37. The van der Waals surface area contributed by atoms with Crippen molar-refractivity contribution in [2.24, 2.45) is 0 Å². The summed E-state index contributed by atoms with van der Waals surface area (Å²) in [5.74, 6) is 2.32. The zero-order valence-corrected chi connectivity index (χ0v) is 13.6. The lowest BCUT2D eigenvalue weighted by molar-refractivity contribution is -0.136. The van der Waals surface area contributed by atoms with E-state index in [-0.39, 0.29) is 17.4 Å². The molecule has 0 saturated carbocycles. The van der Waals surface area contributed by atoms with Gasteiger partial charge in [0.2, 0.25) is 0 Å². The third kappa shape index (κ3) is 3.33. The van der Waals surface area contributed by atoms with Gasteiger partial charge in [-0.2, -0.15) is 0 Å². The first-order valence-electron chi connectivity index (χ1n) is 7.54. The van der Waals surface area contributed by atoms with E-state index in [0.29, 0.717) is 11.5 Å². The van der Waals surface area contributed by atoms with Gasteiger partial charge in [0.15, 0.2) is 18.1 Å². The predicted molar refractivity (Wildman–Crippen MR) is 85.4 cm³/mol. The summed E-state index contributed by atoms with van der Waals surface area (Å²) in [7, 11) is 1.59. The van der Waals surface area contributed by atoms with Crippen LogP contribution in [0.1, 0.15) is 12.8 Å². The molecule has 2 saturated heterocycles. The number of carbonyl (C=O) groups is 1. The second-order valence-corrected chi connectivity index (χ2v) is 6.87. The highest BCUT2D eigenvalue weighted by Gasteiger charge is 2.40. The predicted octanol–water partition coefficient (Wildman–Crippen LogP) is 2.16. The molecular formula is C16H21NO4S. The molecule has 3 rings (SSSR count). The molecule has 2 aliphatic rings. The highest BCUT2D eigenvalue weighted by molar-refractivity contribution is 8.00. The molecule has 0 atom stereocenters. The van der Waals surface area contributed by atoms with Gasteiger partial charge in [0.05, 0.1) is 13.7 Å². The van der Waals surface area contributed by atoms with Crippen molar-refractivity contribution in [1.29, 1.82) is 0 Å². The minimum atomic E-state index is -0.0414. The normalized spacial score (nSPS) is 20.1. The Morgan fingerprint density at radius 3 is 2.68 bits per heavy atom. The van der Waals surface area contributed by atoms with Gasteiger partial charge in [-0.3, -0.25) is 4.79 Å². The highest BCUT2D eigenvalue weighted by atomic mass is 32.2. The smallest absolute Gasteiger partial charge is 0.260 e. The quantitative estimate of drug-likeness (QED) is 0.850. The van der Waals surface area contributed by atoms with Crippen molar-refractivity contribution in [2.45, 2.75) is 17.8 Å². The summed E-state index contributed by atoms with van der Waals surface area (Å²) in [6.45, 7) is 2.35. The second-order valence-electron chi connectivity index (χ2n) is 5.43. The molecule has 2 fully saturated rings. The minimum absolute atomic E-state index is 0.0174. The van der Waals surface area contributed by atoms with E-state index in [1.54, 1.807) is 13.2 Å². The molecule has 1 spiro atoms. The Kier molecular flexibility index (Phi) is 4.78. The fourth-order valence-corrected chi connectivity index (χ4v) is 4.03. The van der Waals surface area contributed by atoms with Crippen LogP contribution in [0.5, 0.6) is 11.5 Å². The van der Waals surface area contributed by atoms with Crippen LogP contribution in [0.3, 0.4) is 0 Å². The van der Waals surface area contributed by atoms with Crippen LogP contribution in [0.4, 0.5) is 0 Å². The first-order chi connectivity index (χ1) is 10.7. The van der Waals surface area contributed by atoms with E-state index in [4.69, 9.17) is 14.2 Å². The number of likely N-dealkylation sites (tertiary alicyclic amines) is 1. The standard InChI is InChI=1S/C16H21NO4S/c1-19-13-4-2-3-5-14(13)20-12-15(18)17-8-6-16(7-9-17)21-10-11-22-16/h2-5H,6-12H2,1H3. The van der Waals surface area contributed by atoms with Gasteiger partial charge in [-0.05, 0) is 12.1 Å². The van der Waals surface area contributed by atoms with Gasteiger partial charge in [0.25, 0.3) is 5.91 Å². The summed E-state index contributed by atoms with van der Waals surface area (Å²) in [5, 5.41) is 0. The maximum Gasteiger partial charge on any atom is 0.260 e. The molecule has 5 nitrogen and oxygen atoms in total. The summed E-state index contributed by atoms with van der Waals surface area (Å²) in [6, 6.07) is 7.36. The molecular weight excluding hydrogens is 302 g/mol. The van der Waals surface area contributed by atoms with E-state index in [0.717, 1.165) is 38.3 Å². The van der Waals surface area contributed by atoms with E-state index in [9.17, 15) is 4.79 Å². The van der Waals surface area contributed by atoms with Crippen LogP contribution >= 0.6 is 11.8 Å². The molecule has 1 aromatic rings. The summed E-state index contributed by atoms with van der Waals surface area (Å²) >= 11 is 1.89. The number of para-hydroxylation sites is 2. The molecule has 2 aliphatic heterocycles. The summed E-state index contributed by atoms with van der Waals surface area (Å²) in [4.78, 5) is 14.1. The molecule has 0 aromatic heterocycles. The number of nitrogens with zero attached hydrogens (tertiary/aromatic N) is 1. The Balaban J connectivity index is 1.50. The minimum Gasteiger partial charge on any atom is -0.493 e. The molecule has 0 N–H and O–H groups in total. The molecule has 6 heteroatoms. The van der Waals surface area contributed by atoms with Crippen molar-refractivity contribution in [2.75, 3.05) is 39.2 Å². The Labute approximate surface area is 134 Å². The molecule has 22 heavy (non-hydrogen) atoms. The van der Waals surface area contributed by atoms with Gasteiger partial charge < -0.3 is 19.1 Å². The van der Waals surface area contributed by atoms with E-state index >= 15 is 0 Å². The van der Waals surface area contributed by atoms with Crippen LogP contribution < -0.4 is 9.47 Å². The van der Waals surface area contributed by atoms with Crippen molar-refractivity contribution in [3.05, 3.63) is 24.3 Å². The van der Waals surface area contributed by atoms with Crippen LogP contribution in [-0.2, 0) is 9.53 Å². The number of benzene rings is 1. The molecule has 0 bridgehead atoms. The molecule has 0 radical (unpaired) electrons. The summed E-state index contributed by atoms with van der Waals surface area (Å²) in [5.41, 5.74) is 0. The first-order valence-corrected chi connectivity index (χ1v) is 8.52. The summed E-state index contributed by atoms with van der Waals surface area (Å²) in [6.07, 6.45) is 1.80. The van der Waals surface area contributed by atoms with Crippen LogP contribution in [0.15, 0.2) is 24.3 Å². The molecule has 0 unspecified atom stereocenters. The SMILES string of the molecule is COc1ccccc1OCC(=O)N1CCC2(CC1)OCCS2. The second kappa shape index (κ2) is 6.79. The van der Waals surface area contributed by atoms with Gasteiger partial charge in [0.1, 0.15) is 4.93 Å². The number of hydrogen-bond acceptors (Lipinski definition) is 5. The summed E-state index contributed by atoms with van der Waals surface area (Å²) < 4.78 is 16.7. The van der Waals surface area contributed by atoms with Crippen molar-refractivity contribution in [1.82, 2.24) is 4.90 Å². The highest BCUT2D eigenvalue weighted by Crippen LogP contribution is 2.41. The number of thioether (sulfide) groups is 1.